The van der Waals surface area contributed by atoms with Crippen LogP contribution in [0.25, 0.3) is 11.1 Å². The first-order chi connectivity index (χ1) is 15.3. The van der Waals surface area contributed by atoms with E-state index in [0.717, 1.165) is 22.3 Å². The van der Waals surface area contributed by atoms with Crippen molar-refractivity contribution >= 4 is 17.7 Å². The smallest absolute Gasteiger partial charge is 0.411 e. The quantitative estimate of drug-likeness (QED) is 0.632. The molecule has 1 atom stereocenters. The van der Waals surface area contributed by atoms with Gasteiger partial charge in [-0.1, -0.05) is 36.4 Å². The molecule has 3 aromatic rings. The lowest BCUT2D eigenvalue weighted by Crippen LogP contribution is -2.52. The number of fused-ring (bicyclic) bond motifs is 1. The number of aromatic nitrogens is 1. The highest BCUT2D eigenvalue weighted by Gasteiger charge is 2.37. The number of carbonyl (C=O) groups is 2. The summed E-state index contributed by atoms with van der Waals surface area (Å²) in [4.78, 5) is 31.7. The first kappa shape index (κ1) is 21.6. The second-order valence-electron chi connectivity index (χ2n) is 8.90. The van der Waals surface area contributed by atoms with E-state index >= 15 is 0 Å². The Labute approximate surface area is 188 Å². The van der Waals surface area contributed by atoms with Gasteiger partial charge in [-0.2, -0.15) is 0 Å². The lowest BCUT2D eigenvalue weighted by atomic mass is 9.93. The molecule has 0 fully saturated rings. The predicted molar refractivity (Wildman–Crippen MR) is 124 cm³/mol. The Kier molecular flexibility index (Phi) is 5.95. The molecular formula is C26H27N3O3. The van der Waals surface area contributed by atoms with Crippen LogP contribution < -0.4 is 5.32 Å². The van der Waals surface area contributed by atoms with Gasteiger partial charge in [-0.25, -0.2) is 4.79 Å². The maximum atomic E-state index is 13.2. The molecule has 0 spiro atoms. The molecule has 0 aliphatic carbocycles. The highest BCUT2D eigenvalue weighted by molar-refractivity contribution is 5.97. The number of anilines is 1. The zero-order chi connectivity index (χ0) is 22.7. The highest BCUT2D eigenvalue weighted by Crippen LogP contribution is 2.27. The second kappa shape index (κ2) is 8.83. The van der Waals surface area contributed by atoms with Crippen LogP contribution in [0.4, 0.5) is 10.5 Å². The molecular weight excluding hydrogens is 402 g/mol. The van der Waals surface area contributed by atoms with E-state index in [1.165, 1.54) is 4.90 Å². The summed E-state index contributed by atoms with van der Waals surface area (Å²) in [5.74, 6) is -0.234. The van der Waals surface area contributed by atoms with Gasteiger partial charge in [-0.3, -0.25) is 14.7 Å². The van der Waals surface area contributed by atoms with E-state index in [0.29, 0.717) is 18.7 Å². The molecule has 32 heavy (non-hydrogen) atoms. The highest BCUT2D eigenvalue weighted by atomic mass is 16.6. The van der Waals surface area contributed by atoms with Crippen LogP contribution in [0.1, 0.15) is 31.9 Å². The number of hydrogen-bond acceptors (Lipinski definition) is 4. The summed E-state index contributed by atoms with van der Waals surface area (Å²) in [7, 11) is 0. The number of benzene rings is 2. The largest absolute Gasteiger partial charge is 0.444 e. The Morgan fingerprint density at radius 2 is 1.56 bits per heavy atom. The van der Waals surface area contributed by atoms with Crippen LogP contribution in [0, 0.1) is 0 Å². The monoisotopic (exact) mass is 429 g/mol. The lowest BCUT2D eigenvalue weighted by Gasteiger charge is -2.36. The molecule has 6 nitrogen and oxygen atoms in total. The van der Waals surface area contributed by atoms with Gasteiger partial charge in [0.25, 0.3) is 0 Å². The van der Waals surface area contributed by atoms with E-state index < -0.39 is 17.7 Å². The number of hydrogen-bond donors (Lipinski definition) is 1. The topological polar surface area (TPSA) is 71.5 Å². The molecule has 4 rings (SSSR count). The van der Waals surface area contributed by atoms with Gasteiger partial charge in [-0.05, 0) is 67.3 Å². The average molecular weight is 430 g/mol. The Bertz CT molecular complexity index is 1110. The summed E-state index contributed by atoms with van der Waals surface area (Å²) in [5, 5.41) is 2.97. The molecule has 0 radical (unpaired) electrons. The molecule has 0 unspecified atom stereocenters. The van der Waals surface area contributed by atoms with Crippen LogP contribution in [0.5, 0.6) is 0 Å². The fourth-order valence-electron chi connectivity index (χ4n) is 3.79. The van der Waals surface area contributed by atoms with Crippen molar-refractivity contribution < 1.29 is 14.3 Å². The van der Waals surface area contributed by atoms with Crippen molar-refractivity contribution in [3.05, 3.63) is 84.2 Å². The van der Waals surface area contributed by atoms with E-state index in [9.17, 15) is 9.59 Å². The third-order valence-corrected chi connectivity index (χ3v) is 5.35. The van der Waals surface area contributed by atoms with Crippen LogP contribution in [0.2, 0.25) is 0 Å². The van der Waals surface area contributed by atoms with Crippen LogP contribution in [0.3, 0.4) is 0 Å². The standard InChI is InChI=1S/C26H27N3O3/c1-26(2,3)32-25(31)29-17-21-7-5-4-6-20(21)16-23(29)24(30)28-22-10-8-18(9-11-22)19-12-14-27-15-13-19/h4-15,23H,16-17H2,1-3H3,(H,28,30)/t23-/m0/s1. The number of amides is 2. The minimum atomic E-state index is -0.653. The zero-order valence-corrected chi connectivity index (χ0v) is 18.5. The minimum absolute atomic E-state index is 0.234. The molecule has 1 aromatic heterocycles. The number of pyridine rings is 1. The van der Waals surface area contributed by atoms with Crippen LogP contribution in [0.15, 0.2) is 73.1 Å². The number of nitrogens with one attached hydrogen (secondary N) is 1. The second-order valence-corrected chi connectivity index (χ2v) is 8.90. The van der Waals surface area contributed by atoms with Gasteiger partial charge in [0.15, 0.2) is 0 Å². The third-order valence-electron chi connectivity index (χ3n) is 5.35. The van der Waals surface area contributed by atoms with Crippen LogP contribution in [-0.2, 0) is 22.5 Å². The summed E-state index contributed by atoms with van der Waals surface area (Å²) < 4.78 is 5.59. The summed E-state index contributed by atoms with van der Waals surface area (Å²) in [6.07, 6.45) is 3.45. The van der Waals surface area contributed by atoms with Gasteiger partial charge in [-0.15, -0.1) is 0 Å². The van der Waals surface area contributed by atoms with Gasteiger partial charge in [0.1, 0.15) is 11.6 Å². The lowest BCUT2D eigenvalue weighted by molar-refractivity contribution is -0.121. The van der Waals surface area contributed by atoms with Crippen LogP contribution >= 0.6 is 0 Å². The number of nitrogens with zero attached hydrogens (tertiary/aromatic N) is 2. The molecule has 0 saturated carbocycles. The first-order valence-electron chi connectivity index (χ1n) is 10.7. The van der Waals surface area contributed by atoms with E-state index in [2.05, 4.69) is 10.3 Å². The molecule has 2 amide bonds. The first-order valence-corrected chi connectivity index (χ1v) is 10.7. The molecule has 2 aromatic carbocycles. The summed E-state index contributed by atoms with van der Waals surface area (Å²) in [6.45, 7) is 5.80. The maximum Gasteiger partial charge on any atom is 0.411 e. The molecule has 0 saturated heterocycles. The average Bonchev–Trinajstić information content (AvgIpc) is 2.78. The van der Waals surface area contributed by atoms with E-state index in [1.807, 2.05) is 81.4 Å². The molecule has 6 heteroatoms. The third kappa shape index (κ3) is 4.97. The maximum absolute atomic E-state index is 13.2. The molecule has 1 aliphatic heterocycles. The molecule has 2 heterocycles. The fraction of sp³-hybridized carbons (Fsp3) is 0.269. The Balaban J connectivity index is 1.54. The fourth-order valence-corrected chi connectivity index (χ4v) is 3.79. The number of rotatable bonds is 3. The van der Waals surface area contributed by atoms with Crippen LogP contribution in [-0.4, -0.2) is 33.5 Å². The van der Waals surface area contributed by atoms with Crippen molar-refractivity contribution in [2.45, 2.75) is 45.4 Å². The van der Waals surface area contributed by atoms with E-state index in [1.54, 1.807) is 12.4 Å². The van der Waals surface area contributed by atoms with Crippen molar-refractivity contribution in [1.29, 1.82) is 0 Å². The van der Waals surface area contributed by atoms with E-state index in [-0.39, 0.29) is 5.91 Å². The normalized spacial score (nSPS) is 15.6. The Morgan fingerprint density at radius 3 is 2.22 bits per heavy atom. The molecule has 1 aliphatic rings. The van der Waals surface area contributed by atoms with Gasteiger partial charge in [0.2, 0.25) is 5.91 Å². The van der Waals surface area contributed by atoms with Crippen molar-refractivity contribution in [2.24, 2.45) is 0 Å². The van der Waals surface area contributed by atoms with Gasteiger partial charge >= 0.3 is 6.09 Å². The van der Waals surface area contributed by atoms with Crippen molar-refractivity contribution in [1.82, 2.24) is 9.88 Å². The summed E-state index contributed by atoms with van der Waals surface area (Å²) >= 11 is 0. The van der Waals surface area contributed by atoms with Gasteiger partial charge in [0, 0.05) is 24.5 Å². The van der Waals surface area contributed by atoms with Gasteiger partial charge in [0.05, 0.1) is 6.54 Å². The Hall–Kier alpha value is -3.67. The van der Waals surface area contributed by atoms with Crippen molar-refractivity contribution in [2.75, 3.05) is 5.32 Å². The SMILES string of the molecule is CC(C)(C)OC(=O)N1Cc2ccccc2C[C@H]1C(=O)Nc1ccc(-c2ccncc2)cc1. The minimum Gasteiger partial charge on any atom is -0.444 e. The molecule has 0 bridgehead atoms. The summed E-state index contributed by atoms with van der Waals surface area (Å²) in [5.41, 5.74) is 4.23. The summed E-state index contributed by atoms with van der Waals surface area (Å²) in [6, 6.07) is 18.7. The zero-order valence-electron chi connectivity index (χ0n) is 18.5. The molecule has 1 N–H and O–H groups in total. The molecule has 164 valence electrons. The van der Waals surface area contributed by atoms with E-state index in [4.69, 9.17) is 4.74 Å². The number of carbonyl (C=O) groups excluding carboxylic acids is 2. The van der Waals surface area contributed by atoms with Crippen molar-refractivity contribution in [3.63, 3.8) is 0 Å². The predicted octanol–water partition coefficient (Wildman–Crippen LogP) is 5.05. The number of ether oxygens (including phenoxy) is 1. The Morgan fingerprint density at radius 1 is 0.938 bits per heavy atom. The van der Waals surface area contributed by atoms with Crippen molar-refractivity contribution in [3.8, 4) is 11.1 Å². The van der Waals surface area contributed by atoms with Gasteiger partial charge < -0.3 is 10.1 Å².